The van der Waals surface area contributed by atoms with Gasteiger partial charge in [-0.05, 0) is 26.0 Å². The number of morpholine rings is 1. The Kier molecular flexibility index (Phi) is 5.17. The molecule has 6 nitrogen and oxygen atoms in total. The van der Waals surface area contributed by atoms with Crippen molar-refractivity contribution < 1.29 is 13.9 Å². The summed E-state index contributed by atoms with van der Waals surface area (Å²) in [5.41, 5.74) is 5.57. The van der Waals surface area contributed by atoms with E-state index < -0.39 is 6.04 Å². The molecule has 1 aromatic rings. The van der Waals surface area contributed by atoms with E-state index in [9.17, 15) is 4.79 Å². The highest BCUT2D eigenvalue weighted by atomic mass is 16.5. The summed E-state index contributed by atoms with van der Waals surface area (Å²) in [7, 11) is 0. The maximum Gasteiger partial charge on any atom is 0.236 e. The van der Waals surface area contributed by atoms with Crippen LogP contribution in [-0.4, -0.2) is 49.7 Å². The third-order valence-corrected chi connectivity index (χ3v) is 3.46. The molecule has 1 aliphatic heterocycles. The van der Waals surface area contributed by atoms with Gasteiger partial charge in [0.2, 0.25) is 5.91 Å². The van der Waals surface area contributed by atoms with E-state index in [-0.39, 0.29) is 11.9 Å². The first-order valence-corrected chi connectivity index (χ1v) is 6.99. The quantitative estimate of drug-likeness (QED) is 0.818. The molecule has 0 aromatic carbocycles. The summed E-state index contributed by atoms with van der Waals surface area (Å²) < 4.78 is 11.1. The number of ether oxygens (including phenoxy) is 1. The molecule has 1 fully saturated rings. The number of rotatable bonds is 5. The van der Waals surface area contributed by atoms with Gasteiger partial charge in [0.25, 0.3) is 0 Å². The van der Waals surface area contributed by atoms with Crippen molar-refractivity contribution in [3.8, 4) is 0 Å². The zero-order valence-corrected chi connectivity index (χ0v) is 12.1. The molecule has 1 saturated heterocycles. The zero-order valence-electron chi connectivity index (χ0n) is 12.1. The van der Waals surface area contributed by atoms with Crippen molar-refractivity contribution in [3.63, 3.8) is 0 Å². The molecule has 0 spiro atoms. The van der Waals surface area contributed by atoms with Gasteiger partial charge in [-0.15, -0.1) is 0 Å². The van der Waals surface area contributed by atoms with Crippen LogP contribution in [0, 0.1) is 6.92 Å². The molecule has 20 heavy (non-hydrogen) atoms. The van der Waals surface area contributed by atoms with Gasteiger partial charge in [-0.1, -0.05) is 0 Å². The largest absolute Gasteiger partial charge is 0.465 e. The minimum Gasteiger partial charge on any atom is -0.465 e. The minimum absolute atomic E-state index is 0.0234. The fraction of sp³-hybridized carbons (Fsp3) is 0.643. The predicted molar refractivity (Wildman–Crippen MR) is 75.2 cm³/mol. The number of furan rings is 1. The standard InChI is InChI=1S/C14H23N3O3/c1-10-3-4-13(20-10)12(9-16-14(18)11(2)15)17-5-7-19-8-6-17/h3-4,11-12H,5-9,15H2,1-2H3,(H,16,18). The van der Waals surface area contributed by atoms with Crippen molar-refractivity contribution in [3.05, 3.63) is 23.7 Å². The summed E-state index contributed by atoms with van der Waals surface area (Å²) in [6, 6.07) is 3.43. The average Bonchev–Trinajstić information content (AvgIpc) is 2.86. The van der Waals surface area contributed by atoms with E-state index in [1.54, 1.807) is 6.92 Å². The first-order chi connectivity index (χ1) is 9.58. The molecule has 0 aliphatic carbocycles. The second kappa shape index (κ2) is 6.88. The molecular formula is C14H23N3O3. The van der Waals surface area contributed by atoms with Gasteiger partial charge < -0.3 is 20.2 Å². The number of amides is 1. The van der Waals surface area contributed by atoms with Crippen molar-refractivity contribution >= 4 is 5.91 Å². The van der Waals surface area contributed by atoms with Crippen LogP contribution in [0.25, 0.3) is 0 Å². The Hall–Kier alpha value is -1.37. The Balaban J connectivity index is 2.05. The molecule has 2 heterocycles. The van der Waals surface area contributed by atoms with Crippen LogP contribution in [0.15, 0.2) is 16.5 Å². The van der Waals surface area contributed by atoms with Crippen LogP contribution >= 0.6 is 0 Å². The lowest BCUT2D eigenvalue weighted by molar-refractivity contribution is -0.122. The van der Waals surface area contributed by atoms with Crippen LogP contribution in [0.4, 0.5) is 0 Å². The van der Waals surface area contributed by atoms with Crippen molar-refractivity contribution in [1.82, 2.24) is 10.2 Å². The third-order valence-electron chi connectivity index (χ3n) is 3.46. The van der Waals surface area contributed by atoms with E-state index in [1.165, 1.54) is 0 Å². The van der Waals surface area contributed by atoms with Gasteiger partial charge in [0, 0.05) is 19.6 Å². The van der Waals surface area contributed by atoms with Crippen LogP contribution in [0.3, 0.4) is 0 Å². The predicted octanol–water partition coefficient (Wildman–Crippen LogP) is 0.425. The molecule has 1 aliphatic rings. The number of nitrogens with two attached hydrogens (primary N) is 1. The first kappa shape index (κ1) is 15.0. The van der Waals surface area contributed by atoms with Crippen molar-refractivity contribution in [2.75, 3.05) is 32.8 Å². The molecule has 2 unspecified atom stereocenters. The topological polar surface area (TPSA) is 80.7 Å². The summed E-state index contributed by atoms with van der Waals surface area (Å²) >= 11 is 0. The van der Waals surface area contributed by atoms with Gasteiger partial charge in [-0.25, -0.2) is 0 Å². The van der Waals surface area contributed by atoms with Crippen LogP contribution in [0.1, 0.15) is 24.5 Å². The van der Waals surface area contributed by atoms with Crippen LogP contribution in [-0.2, 0) is 9.53 Å². The second-order valence-corrected chi connectivity index (χ2v) is 5.15. The monoisotopic (exact) mass is 281 g/mol. The Morgan fingerprint density at radius 3 is 2.70 bits per heavy atom. The Labute approximate surface area is 119 Å². The summed E-state index contributed by atoms with van der Waals surface area (Å²) in [5.74, 6) is 1.60. The molecule has 1 aromatic heterocycles. The summed E-state index contributed by atoms with van der Waals surface area (Å²) in [5, 5.41) is 2.88. The highest BCUT2D eigenvalue weighted by Gasteiger charge is 2.25. The summed E-state index contributed by atoms with van der Waals surface area (Å²) in [6.07, 6.45) is 0. The maximum absolute atomic E-state index is 11.7. The van der Waals surface area contributed by atoms with Gasteiger partial charge in [-0.3, -0.25) is 9.69 Å². The fourth-order valence-electron chi connectivity index (χ4n) is 2.29. The van der Waals surface area contributed by atoms with E-state index >= 15 is 0 Å². The highest BCUT2D eigenvalue weighted by Crippen LogP contribution is 2.23. The lowest BCUT2D eigenvalue weighted by atomic mass is 10.1. The number of aryl methyl sites for hydroxylation is 1. The molecule has 6 heteroatoms. The smallest absolute Gasteiger partial charge is 0.236 e. The fourth-order valence-corrected chi connectivity index (χ4v) is 2.29. The molecule has 112 valence electrons. The van der Waals surface area contributed by atoms with Crippen molar-refractivity contribution in [2.45, 2.75) is 25.9 Å². The Bertz CT molecular complexity index is 439. The lowest BCUT2D eigenvalue weighted by Gasteiger charge is -2.33. The second-order valence-electron chi connectivity index (χ2n) is 5.15. The van der Waals surface area contributed by atoms with Gasteiger partial charge in [0.15, 0.2) is 0 Å². The van der Waals surface area contributed by atoms with Crippen LogP contribution in [0.2, 0.25) is 0 Å². The normalized spacial score (nSPS) is 19.6. The van der Waals surface area contributed by atoms with Gasteiger partial charge in [0.05, 0.1) is 25.3 Å². The number of nitrogens with one attached hydrogen (secondary N) is 1. The SMILES string of the molecule is Cc1ccc(C(CNC(=O)C(C)N)N2CCOCC2)o1. The highest BCUT2D eigenvalue weighted by molar-refractivity contribution is 5.80. The number of hydrogen-bond acceptors (Lipinski definition) is 5. The lowest BCUT2D eigenvalue weighted by Crippen LogP contribution is -2.46. The molecular weight excluding hydrogens is 258 g/mol. The molecule has 0 bridgehead atoms. The van der Waals surface area contributed by atoms with Gasteiger partial charge in [0.1, 0.15) is 11.5 Å². The molecule has 3 N–H and O–H groups in total. The third kappa shape index (κ3) is 3.82. The number of carbonyl (C=O) groups is 1. The maximum atomic E-state index is 11.7. The number of hydrogen-bond donors (Lipinski definition) is 2. The van der Waals surface area contributed by atoms with E-state index in [4.69, 9.17) is 14.9 Å². The zero-order chi connectivity index (χ0) is 14.5. The van der Waals surface area contributed by atoms with Crippen LogP contribution < -0.4 is 11.1 Å². The Morgan fingerprint density at radius 2 is 2.15 bits per heavy atom. The number of carbonyl (C=O) groups excluding carboxylic acids is 1. The molecule has 2 atom stereocenters. The van der Waals surface area contributed by atoms with Crippen molar-refractivity contribution in [1.29, 1.82) is 0 Å². The van der Waals surface area contributed by atoms with E-state index in [0.29, 0.717) is 19.8 Å². The molecule has 0 radical (unpaired) electrons. The first-order valence-electron chi connectivity index (χ1n) is 6.99. The van der Waals surface area contributed by atoms with Gasteiger partial charge in [-0.2, -0.15) is 0 Å². The Morgan fingerprint density at radius 1 is 1.45 bits per heavy atom. The van der Waals surface area contributed by atoms with E-state index in [1.807, 2.05) is 19.1 Å². The molecule has 1 amide bonds. The minimum atomic E-state index is -0.501. The molecule has 2 rings (SSSR count). The van der Waals surface area contributed by atoms with E-state index in [0.717, 1.165) is 24.6 Å². The molecule has 0 saturated carbocycles. The van der Waals surface area contributed by atoms with Gasteiger partial charge >= 0.3 is 0 Å². The summed E-state index contributed by atoms with van der Waals surface area (Å²) in [4.78, 5) is 13.9. The average molecular weight is 281 g/mol. The number of nitrogens with zero attached hydrogens (tertiary/aromatic N) is 1. The van der Waals surface area contributed by atoms with Crippen molar-refractivity contribution in [2.24, 2.45) is 5.73 Å². The van der Waals surface area contributed by atoms with E-state index in [2.05, 4.69) is 10.2 Å². The van der Waals surface area contributed by atoms with Crippen LogP contribution in [0.5, 0.6) is 0 Å². The summed E-state index contributed by atoms with van der Waals surface area (Å²) in [6.45, 7) is 7.16.